The molecule has 23 heavy (non-hydrogen) atoms. The smallest absolute Gasteiger partial charge is 0.336 e. The summed E-state index contributed by atoms with van der Waals surface area (Å²) in [7, 11) is 0. The summed E-state index contributed by atoms with van der Waals surface area (Å²) in [6.07, 6.45) is 0. The van der Waals surface area contributed by atoms with Gasteiger partial charge in [-0.1, -0.05) is 0 Å². The van der Waals surface area contributed by atoms with E-state index in [1.165, 1.54) is 17.4 Å². The molecule has 0 aliphatic heterocycles. The molecule has 2 heterocycles. The first-order chi connectivity index (χ1) is 11.0. The summed E-state index contributed by atoms with van der Waals surface area (Å²) in [5, 5.41) is 4.03. The highest BCUT2D eigenvalue weighted by Crippen LogP contribution is 2.21. The van der Waals surface area contributed by atoms with E-state index >= 15 is 0 Å². The van der Waals surface area contributed by atoms with E-state index in [4.69, 9.17) is 9.15 Å². The number of nitrogens with zero attached hydrogens (tertiary/aromatic N) is 1. The van der Waals surface area contributed by atoms with E-state index in [0.29, 0.717) is 16.5 Å². The Morgan fingerprint density at radius 3 is 2.83 bits per heavy atom. The Bertz CT molecular complexity index is 910. The zero-order chi connectivity index (χ0) is 16.4. The van der Waals surface area contributed by atoms with Crippen molar-refractivity contribution in [3.05, 3.63) is 51.3 Å². The van der Waals surface area contributed by atoms with Gasteiger partial charge in [0.25, 0.3) is 5.91 Å². The topological polar surface area (TPSA) is 81.4 Å². The van der Waals surface area contributed by atoms with Gasteiger partial charge in [-0.05, 0) is 32.0 Å². The van der Waals surface area contributed by atoms with Crippen LogP contribution in [0.25, 0.3) is 11.0 Å². The fourth-order valence-electron chi connectivity index (χ4n) is 1.96. The van der Waals surface area contributed by atoms with Crippen LogP contribution in [0, 0.1) is 13.8 Å². The van der Waals surface area contributed by atoms with Gasteiger partial charge in [-0.25, -0.2) is 9.78 Å². The molecule has 1 N–H and O–H groups in total. The molecule has 0 fully saturated rings. The quantitative estimate of drug-likeness (QED) is 0.744. The number of amides is 1. The number of nitrogens with one attached hydrogen (secondary N) is 1. The van der Waals surface area contributed by atoms with Crippen molar-refractivity contribution >= 4 is 33.3 Å². The van der Waals surface area contributed by atoms with Crippen LogP contribution in [-0.2, 0) is 4.79 Å². The zero-order valence-corrected chi connectivity index (χ0v) is 13.4. The number of aryl methyl sites for hydroxylation is 2. The Balaban J connectivity index is 1.65. The molecule has 0 unspecified atom stereocenters. The van der Waals surface area contributed by atoms with Crippen molar-refractivity contribution in [1.29, 1.82) is 0 Å². The van der Waals surface area contributed by atoms with Crippen molar-refractivity contribution in [1.82, 2.24) is 4.98 Å². The molecule has 0 aliphatic carbocycles. The number of anilines is 1. The Morgan fingerprint density at radius 1 is 1.30 bits per heavy atom. The third kappa shape index (κ3) is 3.57. The second kappa shape index (κ2) is 6.21. The van der Waals surface area contributed by atoms with E-state index < -0.39 is 5.63 Å². The third-order valence-corrected chi connectivity index (χ3v) is 4.23. The van der Waals surface area contributed by atoms with Crippen molar-refractivity contribution in [2.45, 2.75) is 13.8 Å². The molecule has 0 saturated carbocycles. The molecule has 0 spiro atoms. The molecule has 0 atom stereocenters. The predicted molar refractivity (Wildman–Crippen MR) is 88.2 cm³/mol. The number of benzene rings is 1. The minimum atomic E-state index is -0.429. The van der Waals surface area contributed by atoms with Crippen LogP contribution in [0.3, 0.4) is 0 Å². The maximum absolute atomic E-state index is 11.9. The summed E-state index contributed by atoms with van der Waals surface area (Å²) in [5.74, 6) is 0.155. The van der Waals surface area contributed by atoms with Gasteiger partial charge in [0, 0.05) is 22.4 Å². The van der Waals surface area contributed by atoms with Gasteiger partial charge < -0.3 is 9.15 Å². The largest absolute Gasteiger partial charge is 0.484 e. The average molecular weight is 330 g/mol. The van der Waals surface area contributed by atoms with Crippen molar-refractivity contribution in [2.24, 2.45) is 0 Å². The van der Waals surface area contributed by atoms with Crippen LogP contribution < -0.4 is 15.7 Å². The highest BCUT2D eigenvalue weighted by atomic mass is 32.1. The minimum absolute atomic E-state index is 0.153. The normalized spacial score (nSPS) is 10.7. The summed E-state index contributed by atoms with van der Waals surface area (Å²) in [6, 6.07) is 8.09. The first-order valence-electron chi connectivity index (χ1n) is 6.92. The molecule has 1 amide bonds. The van der Waals surface area contributed by atoms with Crippen molar-refractivity contribution in [3.63, 3.8) is 0 Å². The molecule has 3 aromatic rings. The summed E-state index contributed by atoms with van der Waals surface area (Å²) < 4.78 is 10.5. The summed E-state index contributed by atoms with van der Waals surface area (Å²) >= 11 is 1.42. The van der Waals surface area contributed by atoms with E-state index in [2.05, 4.69) is 10.3 Å². The number of hydrogen-bond donors (Lipinski definition) is 1. The molecule has 0 saturated heterocycles. The molecule has 0 radical (unpaired) electrons. The molecule has 0 aliphatic rings. The van der Waals surface area contributed by atoms with E-state index in [1.54, 1.807) is 24.3 Å². The van der Waals surface area contributed by atoms with E-state index in [9.17, 15) is 9.59 Å². The average Bonchev–Trinajstić information content (AvgIpc) is 2.82. The molecule has 118 valence electrons. The monoisotopic (exact) mass is 330 g/mol. The van der Waals surface area contributed by atoms with Gasteiger partial charge in [-0.3, -0.25) is 10.1 Å². The number of thiazole rings is 1. The van der Waals surface area contributed by atoms with Crippen molar-refractivity contribution in [3.8, 4) is 5.75 Å². The van der Waals surface area contributed by atoms with Crippen molar-refractivity contribution < 1.29 is 13.9 Å². The van der Waals surface area contributed by atoms with Gasteiger partial charge in [0.2, 0.25) is 0 Å². The van der Waals surface area contributed by atoms with Crippen LogP contribution in [-0.4, -0.2) is 17.5 Å². The van der Waals surface area contributed by atoms with Gasteiger partial charge in [0.1, 0.15) is 11.3 Å². The van der Waals surface area contributed by atoms with Crippen LogP contribution in [0.5, 0.6) is 5.75 Å². The Morgan fingerprint density at radius 2 is 2.09 bits per heavy atom. The van der Waals surface area contributed by atoms with Crippen LogP contribution in [0.1, 0.15) is 10.6 Å². The number of aromatic nitrogens is 1. The number of carbonyl (C=O) groups excluding carboxylic acids is 1. The number of rotatable bonds is 4. The van der Waals surface area contributed by atoms with Gasteiger partial charge in [0.15, 0.2) is 11.7 Å². The van der Waals surface area contributed by atoms with Gasteiger partial charge in [-0.2, -0.15) is 0 Å². The van der Waals surface area contributed by atoms with Crippen LogP contribution in [0.4, 0.5) is 5.13 Å². The van der Waals surface area contributed by atoms with Crippen LogP contribution in [0.15, 0.2) is 39.5 Å². The summed E-state index contributed by atoms with van der Waals surface area (Å²) in [6.45, 7) is 3.68. The molecule has 2 aromatic heterocycles. The third-order valence-electron chi connectivity index (χ3n) is 3.24. The maximum atomic E-state index is 11.9. The highest BCUT2D eigenvalue weighted by Gasteiger charge is 2.09. The molecule has 0 bridgehead atoms. The molecule has 6 nitrogen and oxygen atoms in total. The summed E-state index contributed by atoms with van der Waals surface area (Å²) in [5.41, 5.74) is 0.888. The molecular formula is C16H14N2O4S. The van der Waals surface area contributed by atoms with Crippen LogP contribution in [0.2, 0.25) is 0 Å². The Kier molecular flexibility index (Phi) is 4.12. The van der Waals surface area contributed by atoms with Gasteiger partial charge in [-0.15, -0.1) is 11.3 Å². The SMILES string of the molecule is Cc1nc(NC(=O)COc2ccc3ccc(=O)oc3c2)sc1C. The number of fused-ring (bicyclic) bond motifs is 1. The molecule has 1 aromatic carbocycles. The van der Waals surface area contributed by atoms with Crippen molar-refractivity contribution in [2.75, 3.05) is 11.9 Å². The number of ether oxygens (including phenoxy) is 1. The minimum Gasteiger partial charge on any atom is -0.484 e. The Labute approximate surface area is 135 Å². The van der Waals surface area contributed by atoms with E-state index in [1.807, 2.05) is 13.8 Å². The summed E-state index contributed by atoms with van der Waals surface area (Å²) in [4.78, 5) is 28.4. The molecule has 7 heteroatoms. The van der Waals surface area contributed by atoms with Gasteiger partial charge in [0.05, 0.1) is 5.69 Å². The lowest BCUT2D eigenvalue weighted by atomic mass is 10.2. The highest BCUT2D eigenvalue weighted by molar-refractivity contribution is 7.15. The fraction of sp³-hybridized carbons (Fsp3) is 0.188. The maximum Gasteiger partial charge on any atom is 0.336 e. The lowest BCUT2D eigenvalue weighted by molar-refractivity contribution is -0.118. The van der Waals surface area contributed by atoms with Crippen LogP contribution >= 0.6 is 11.3 Å². The fourth-order valence-corrected chi connectivity index (χ4v) is 2.79. The molecular weight excluding hydrogens is 316 g/mol. The second-order valence-electron chi connectivity index (χ2n) is 4.95. The lowest BCUT2D eigenvalue weighted by Crippen LogP contribution is -2.20. The van der Waals surface area contributed by atoms with E-state index in [0.717, 1.165) is 16.0 Å². The standard InChI is InChI=1S/C16H14N2O4S/c1-9-10(2)23-16(17-9)18-14(19)8-21-12-5-3-11-4-6-15(20)22-13(11)7-12/h3-7H,8H2,1-2H3,(H,17,18,19). The second-order valence-corrected chi connectivity index (χ2v) is 6.15. The first-order valence-corrected chi connectivity index (χ1v) is 7.73. The Hall–Kier alpha value is -2.67. The van der Waals surface area contributed by atoms with E-state index in [-0.39, 0.29) is 12.5 Å². The molecule has 3 rings (SSSR count). The number of hydrogen-bond acceptors (Lipinski definition) is 6. The zero-order valence-electron chi connectivity index (χ0n) is 12.6. The lowest BCUT2D eigenvalue weighted by Gasteiger charge is -2.06. The predicted octanol–water partition coefficient (Wildman–Crippen LogP) is 2.88. The van der Waals surface area contributed by atoms with Gasteiger partial charge >= 0.3 is 5.63 Å². The number of carbonyl (C=O) groups is 1. The first kappa shape index (κ1) is 15.2.